The lowest BCUT2D eigenvalue weighted by Crippen LogP contribution is -2.21. The number of carbonyl (C=O) groups is 1. The molecule has 1 amide bonds. The Bertz CT molecular complexity index is 486. The maximum Gasteiger partial charge on any atom is 0.224 e. The maximum absolute atomic E-state index is 12.2. The highest BCUT2D eigenvalue weighted by molar-refractivity contribution is 5.94. The fourth-order valence-corrected chi connectivity index (χ4v) is 3.32. The van der Waals surface area contributed by atoms with Crippen molar-refractivity contribution in [3.63, 3.8) is 0 Å². The molecule has 0 radical (unpaired) electrons. The van der Waals surface area contributed by atoms with E-state index in [4.69, 9.17) is 0 Å². The summed E-state index contributed by atoms with van der Waals surface area (Å²) in [5.74, 6) is 0.818. The fourth-order valence-electron chi connectivity index (χ4n) is 3.32. The molecule has 130 valence electrons. The van der Waals surface area contributed by atoms with E-state index in [1.54, 1.807) is 0 Å². The number of hydrogen-bond donors (Lipinski definition) is 2. The molecule has 2 aliphatic rings. The third kappa shape index (κ3) is 5.55. The molecule has 23 heavy (non-hydrogen) atoms. The number of hydrogen-bond acceptors (Lipinski definition) is 3. The molecule has 2 aliphatic heterocycles. The van der Waals surface area contributed by atoms with Crippen LogP contribution in [-0.2, 0) is 4.79 Å². The lowest BCUT2D eigenvalue weighted by atomic mass is 10.0. The van der Waals surface area contributed by atoms with E-state index in [2.05, 4.69) is 21.6 Å². The van der Waals surface area contributed by atoms with Crippen LogP contribution in [0.15, 0.2) is 24.3 Å². The molecule has 2 N–H and O–H groups in total. The van der Waals surface area contributed by atoms with Crippen LogP contribution in [-0.4, -0.2) is 32.1 Å². The lowest BCUT2D eigenvalue weighted by molar-refractivity contribution is -0.116. The molecular formula is C17H27Cl2N3O. The van der Waals surface area contributed by atoms with Gasteiger partial charge in [0.1, 0.15) is 0 Å². The van der Waals surface area contributed by atoms with Crippen molar-refractivity contribution in [1.82, 2.24) is 5.32 Å². The van der Waals surface area contributed by atoms with Crippen molar-refractivity contribution in [1.29, 1.82) is 0 Å². The number of carbonyl (C=O) groups excluding carboxylic acids is 1. The van der Waals surface area contributed by atoms with Crippen molar-refractivity contribution < 1.29 is 4.79 Å². The molecule has 1 aromatic carbocycles. The monoisotopic (exact) mass is 359 g/mol. The third-order valence-corrected chi connectivity index (χ3v) is 4.57. The van der Waals surface area contributed by atoms with Gasteiger partial charge in [-0.1, -0.05) is 12.1 Å². The van der Waals surface area contributed by atoms with Crippen LogP contribution in [0, 0.1) is 5.92 Å². The molecule has 1 atom stereocenters. The molecule has 0 spiro atoms. The zero-order valence-electron chi connectivity index (χ0n) is 13.4. The number of benzene rings is 1. The summed E-state index contributed by atoms with van der Waals surface area (Å²) >= 11 is 0. The van der Waals surface area contributed by atoms with Gasteiger partial charge in [-0.05, 0) is 56.8 Å². The second-order valence-corrected chi connectivity index (χ2v) is 6.16. The number of nitrogens with zero attached hydrogens (tertiary/aromatic N) is 1. The molecule has 1 aromatic rings. The summed E-state index contributed by atoms with van der Waals surface area (Å²) in [6.07, 6.45) is 5.32. The third-order valence-electron chi connectivity index (χ3n) is 4.57. The van der Waals surface area contributed by atoms with E-state index in [0.717, 1.165) is 38.3 Å². The summed E-state index contributed by atoms with van der Waals surface area (Å²) in [6, 6.07) is 8.17. The van der Waals surface area contributed by atoms with Crippen LogP contribution in [0.3, 0.4) is 0 Å². The van der Waals surface area contributed by atoms with Gasteiger partial charge >= 0.3 is 0 Å². The average molecular weight is 360 g/mol. The van der Waals surface area contributed by atoms with Crippen LogP contribution < -0.4 is 15.5 Å². The molecule has 0 aliphatic carbocycles. The predicted molar refractivity (Wildman–Crippen MR) is 101 cm³/mol. The predicted octanol–water partition coefficient (Wildman–Crippen LogP) is 3.46. The minimum Gasteiger partial charge on any atom is -0.370 e. The lowest BCUT2D eigenvalue weighted by Gasteiger charge is -2.21. The first-order chi connectivity index (χ1) is 10.3. The van der Waals surface area contributed by atoms with Crippen molar-refractivity contribution in [3.8, 4) is 0 Å². The van der Waals surface area contributed by atoms with E-state index >= 15 is 0 Å². The Hall–Kier alpha value is -0.970. The van der Waals surface area contributed by atoms with Gasteiger partial charge in [0.25, 0.3) is 0 Å². The van der Waals surface area contributed by atoms with Crippen LogP contribution in [0.1, 0.15) is 32.1 Å². The van der Waals surface area contributed by atoms with E-state index in [1.807, 2.05) is 18.2 Å². The molecule has 2 fully saturated rings. The Morgan fingerprint density at radius 2 is 1.96 bits per heavy atom. The second kappa shape index (κ2) is 10.0. The van der Waals surface area contributed by atoms with Crippen molar-refractivity contribution in [3.05, 3.63) is 24.3 Å². The van der Waals surface area contributed by atoms with E-state index in [0.29, 0.717) is 12.3 Å². The van der Waals surface area contributed by atoms with E-state index in [1.165, 1.54) is 24.9 Å². The number of amides is 1. The van der Waals surface area contributed by atoms with Crippen molar-refractivity contribution in [2.45, 2.75) is 32.1 Å². The molecule has 2 heterocycles. The van der Waals surface area contributed by atoms with Gasteiger partial charge in [0.05, 0.1) is 11.4 Å². The summed E-state index contributed by atoms with van der Waals surface area (Å²) in [5.41, 5.74) is 2.14. The molecule has 0 aromatic heterocycles. The Morgan fingerprint density at radius 1 is 1.22 bits per heavy atom. The van der Waals surface area contributed by atoms with Gasteiger partial charge < -0.3 is 15.5 Å². The Labute approximate surface area is 151 Å². The van der Waals surface area contributed by atoms with Crippen molar-refractivity contribution in [2.24, 2.45) is 5.92 Å². The largest absolute Gasteiger partial charge is 0.370 e. The summed E-state index contributed by atoms with van der Waals surface area (Å²) in [5, 5.41) is 6.46. The highest BCUT2D eigenvalue weighted by atomic mass is 35.5. The average Bonchev–Trinajstić information content (AvgIpc) is 3.19. The fraction of sp³-hybridized carbons (Fsp3) is 0.588. The first-order valence-corrected chi connectivity index (χ1v) is 8.17. The van der Waals surface area contributed by atoms with Gasteiger partial charge in [-0.15, -0.1) is 24.8 Å². The standard InChI is InChI=1S/C17H25N3O.2ClH/c21-17(8-7-14-9-10-18-13-14)19-15-5-1-2-6-16(15)20-11-3-4-12-20;;/h1-2,5-6,14,18H,3-4,7-13H2,(H,19,21);2*1H. The summed E-state index contributed by atoms with van der Waals surface area (Å²) in [4.78, 5) is 14.6. The molecule has 2 saturated heterocycles. The molecule has 0 saturated carbocycles. The zero-order valence-corrected chi connectivity index (χ0v) is 15.1. The molecule has 6 heteroatoms. The van der Waals surface area contributed by atoms with Crippen LogP contribution in [0.25, 0.3) is 0 Å². The smallest absolute Gasteiger partial charge is 0.224 e. The number of halogens is 2. The van der Waals surface area contributed by atoms with Crippen LogP contribution in [0.5, 0.6) is 0 Å². The Morgan fingerprint density at radius 3 is 2.65 bits per heavy atom. The molecule has 3 rings (SSSR count). The quantitative estimate of drug-likeness (QED) is 0.845. The highest BCUT2D eigenvalue weighted by Gasteiger charge is 2.18. The summed E-state index contributed by atoms with van der Waals surface area (Å²) < 4.78 is 0. The van der Waals surface area contributed by atoms with Gasteiger partial charge in [-0.3, -0.25) is 4.79 Å². The number of anilines is 2. The normalized spacial score (nSPS) is 19.8. The van der Waals surface area contributed by atoms with Gasteiger partial charge in [0.15, 0.2) is 0 Å². The van der Waals surface area contributed by atoms with E-state index in [9.17, 15) is 4.79 Å². The van der Waals surface area contributed by atoms with Gasteiger partial charge in [-0.25, -0.2) is 0 Å². The van der Waals surface area contributed by atoms with Gasteiger partial charge in [0, 0.05) is 19.5 Å². The van der Waals surface area contributed by atoms with Crippen LogP contribution >= 0.6 is 24.8 Å². The second-order valence-electron chi connectivity index (χ2n) is 6.16. The maximum atomic E-state index is 12.2. The highest BCUT2D eigenvalue weighted by Crippen LogP contribution is 2.28. The SMILES string of the molecule is Cl.Cl.O=C(CCC1CCNC1)Nc1ccccc1N1CCCC1. The van der Waals surface area contributed by atoms with Crippen molar-refractivity contribution in [2.75, 3.05) is 36.4 Å². The Kier molecular flexibility index (Phi) is 8.74. The minimum atomic E-state index is 0. The number of rotatable bonds is 5. The molecular weight excluding hydrogens is 333 g/mol. The Balaban J connectivity index is 0.00000132. The summed E-state index contributed by atoms with van der Waals surface area (Å²) in [6.45, 7) is 4.36. The minimum absolute atomic E-state index is 0. The van der Waals surface area contributed by atoms with E-state index < -0.39 is 0 Å². The van der Waals surface area contributed by atoms with Crippen LogP contribution in [0.2, 0.25) is 0 Å². The molecule has 1 unspecified atom stereocenters. The van der Waals surface area contributed by atoms with Gasteiger partial charge in [0.2, 0.25) is 5.91 Å². The first kappa shape index (κ1) is 20.1. The van der Waals surface area contributed by atoms with Crippen molar-refractivity contribution >= 4 is 42.1 Å². The number of para-hydroxylation sites is 2. The zero-order chi connectivity index (χ0) is 14.5. The van der Waals surface area contributed by atoms with Gasteiger partial charge in [-0.2, -0.15) is 0 Å². The number of nitrogens with one attached hydrogen (secondary N) is 2. The summed E-state index contributed by atoms with van der Waals surface area (Å²) in [7, 11) is 0. The van der Waals surface area contributed by atoms with E-state index in [-0.39, 0.29) is 30.7 Å². The topological polar surface area (TPSA) is 44.4 Å². The van der Waals surface area contributed by atoms with Crippen LogP contribution in [0.4, 0.5) is 11.4 Å². The molecule has 4 nitrogen and oxygen atoms in total. The molecule has 0 bridgehead atoms. The first-order valence-electron chi connectivity index (χ1n) is 8.17.